The van der Waals surface area contributed by atoms with Crippen LogP contribution in [0.4, 0.5) is 4.39 Å². The molecule has 2 rings (SSSR count). The average Bonchev–Trinajstić information content (AvgIpc) is 3.06. The Kier molecular flexibility index (Phi) is 9.21. The van der Waals surface area contributed by atoms with Crippen LogP contribution in [-0.4, -0.2) is 30.7 Å². The van der Waals surface area contributed by atoms with Crippen molar-refractivity contribution in [3.05, 3.63) is 54.1 Å². The third kappa shape index (κ3) is 6.38. The highest BCUT2D eigenvalue weighted by atomic mass is 127. The molecule has 0 radical (unpaired) electrons. The first kappa shape index (κ1) is 20.3. The number of aromatic nitrogens is 1. The molecule has 132 valence electrons. The molecular weight excluding hydrogens is 422 g/mol. The summed E-state index contributed by atoms with van der Waals surface area (Å²) in [5.41, 5.74) is 0.797. The molecule has 0 unspecified atom stereocenters. The molecule has 0 aliphatic carbocycles. The Labute approximate surface area is 159 Å². The molecule has 1 aromatic heterocycles. The number of halogens is 2. The highest BCUT2D eigenvalue weighted by molar-refractivity contribution is 14.0. The third-order valence-corrected chi connectivity index (χ3v) is 3.31. The smallest absolute Gasteiger partial charge is 0.191 e. The van der Waals surface area contributed by atoms with Crippen LogP contribution in [0.2, 0.25) is 0 Å². The standard InChI is InChI=1S/C17H23FN4O.HI/c1-3-19-17(20-8-11-22-9-4-5-10-22)21-13-14-6-7-16(23-2)15(18)12-14;/h4-7,9-10,12H,3,8,11,13H2,1-2H3,(H2,19,20,21);1H. The Hall–Kier alpha value is -1.77. The van der Waals surface area contributed by atoms with E-state index >= 15 is 0 Å². The second kappa shape index (κ2) is 10.9. The van der Waals surface area contributed by atoms with Crippen molar-refractivity contribution < 1.29 is 9.13 Å². The first-order valence-electron chi connectivity index (χ1n) is 7.68. The highest BCUT2D eigenvalue weighted by Gasteiger charge is 2.03. The molecule has 1 aromatic carbocycles. The molecule has 2 N–H and O–H groups in total. The van der Waals surface area contributed by atoms with Crippen LogP contribution in [0.5, 0.6) is 5.75 Å². The molecule has 0 spiro atoms. The average molecular weight is 446 g/mol. The fraction of sp³-hybridized carbons (Fsp3) is 0.353. The van der Waals surface area contributed by atoms with E-state index in [1.54, 1.807) is 6.07 Å². The lowest BCUT2D eigenvalue weighted by atomic mass is 10.2. The van der Waals surface area contributed by atoms with Crippen molar-refractivity contribution in [3.63, 3.8) is 0 Å². The largest absolute Gasteiger partial charge is 0.494 e. The van der Waals surface area contributed by atoms with Gasteiger partial charge < -0.3 is 19.9 Å². The number of hydrogen-bond acceptors (Lipinski definition) is 2. The molecule has 0 amide bonds. The van der Waals surface area contributed by atoms with Crippen molar-refractivity contribution >= 4 is 29.9 Å². The molecule has 0 atom stereocenters. The number of hydrogen-bond donors (Lipinski definition) is 2. The molecule has 0 aliphatic heterocycles. The number of aliphatic imine (C=N–C) groups is 1. The zero-order chi connectivity index (χ0) is 16.5. The molecule has 0 saturated carbocycles. The molecule has 0 bridgehead atoms. The predicted molar refractivity (Wildman–Crippen MR) is 106 cm³/mol. The SMILES string of the molecule is CCNC(=NCc1ccc(OC)c(F)c1)NCCn1cccc1.I. The van der Waals surface area contributed by atoms with Crippen molar-refractivity contribution in [1.82, 2.24) is 15.2 Å². The number of guanidine groups is 1. The van der Waals surface area contributed by atoms with E-state index in [9.17, 15) is 4.39 Å². The van der Waals surface area contributed by atoms with Crippen LogP contribution < -0.4 is 15.4 Å². The van der Waals surface area contributed by atoms with E-state index in [2.05, 4.69) is 20.2 Å². The van der Waals surface area contributed by atoms with Crippen molar-refractivity contribution in [2.45, 2.75) is 20.0 Å². The minimum Gasteiger partial charge on any atom is -0.494 e. The molecule has 2 aromatic rings. The first-order chi connectivity index (χ1) is 11.2. The van der Waals surface area contributed by atoms with Crippen LogP contribution in [0.25, 0.3) is 0 Å². The van der Waals surface area contributed by atoms with Gasteiger partial charge in [-0.05, 0) is 36.8 Å². The predicted octanol–water partition coefficient (Wildman–Crippen LogP) is 3.01. The van der Waals surface area contributed by atoms with Gasteiger partial charge in [-0.1, -0.05) is 6.07 Å². The van der Waals surface area contributed by atoms with Gasteiger partial charge in [0.25, 0.3) is 0 Å². The highest BCUT2D eigenvalue weighted by Crippen LogP contribution is 2.17. The molecule has 0 saturated heterocycles. The fourth-order valence-electron chi connectivity index (χ4n) is 2.14. The molecular formula is C17H24FIN4O. The van der Waals surface area contributed by atoms with Crippen LogP contribution in [0.3, 0.4) is 0 Å². The lowest BCUT2D eigenvalue weighted by Gasteiger charge is -2.12. The van der Waals surface area contributed by atoms with Crippen molar-refractivity contribution in [1.29, 1.82) is 0 Å². The quantitative estimate of drug-likeness (QED) is 0.391. The van der Waals surface area contributed by atoms with E-state index in [0.717, 1.165) is 31.2 Å². The van der Waals surface area contributed by atoms with E-state index < -0.39 is 0 Å². The lowest BCUT2D eigenvalue weighted by Crippen LogP contribution is -2.38. The molecule has 1 heterocycles. The van der Waals surface area contributed by atoms with Gasteiger partial charge in [0.05, 0.1) is 13.7 Å². The van der Waals surface area contributed by atoms with E-state index in [1.165, 1.54) is 13.2 Å². The normalized spacial score (nSPS) is 10.9. The monoisotopic (exact) mass is 446 g/mol. The molecule has 5 nitrogen and oxygen atoms in total. The molecule has 7 heteroatoms. The number of rotatable bonds is 7. The summed E-state index contributed by atoms with van der Waals surface area (Å²) in [5, 5.41) is 6.45. The minimum atomic E-state index is -0.370. The van der Waals surface area contributed by atoms with E-state index in [0.29, 0.717) is 6.54 Å². The number of benzene rings is 1. The van der Waals surface area contributed by atoms with Gasteiger partial charge >= 0.3 is 0 Å². The summed E-state index contributed by atoms with van der Waals surface area (Å²) in [7, 11) is 1.45. The second-order valence-corrected chi connectivity index (χ2v) is 5.01. The van der Waals surface area contributed by atoms with Crippen LogP contribution in [0, 0.1) is 5.82 Å². The van der Waals surface area contributed by atoms with Crippen molar-refractivity contribution in [3.8, 4) is 5.75 Å². The maximum atomic E-state index is 13.7. The van der Waals surface area contributed by atoms with Gasteiger partial charge in [0, 0.05) is 32.0 Å². The van der Waals surface area contributed by atoms with Crippen LogP contribution >= 0.6 is 24.0 Å². The molecule has 24 heavy (non-hydrogen) atoms. The molecule has 0 aliphatic rings. The summed E-state index contributed by atoms with van der Waals surface area (Å²) in [4.78, 5) is 4.48. The fourth-order valence-corrected chi connectivity index (χ4v) is 2.14. The first-order valence-corrected chi connectivity index (χ1v) is 7.68. The maximum absolute atomic E-state index is 13.7. The van der Waals surface area contributed by atoms with Crippen LogP contribution in [0.1, 0.15) is 12.5 Å². The topological polar surface area (TPSA) is 50.6 Å². The Balaban J connectivity index is 0.00000288. The van der Waals surface area contributed by atoms with Gasteiger partial charge in [-0.15, -0.1) is 24.0 Å². The third-order valence-electron chi connectivity index (χ3n) is 3.31. The summed E-state index contributed by atoms with van der Waals surface area (Å²) in [6.45, 7) is 4.80. The van der Waals surface area contributed by atoms with Gasteiger partial charge in [-0.25, -0.2) is 9.38 Å². The van der Waals surface area contributed by atoms with E-state index in [4.69, 9.17) is 4.74 Å². The van der Waals surface area contributed by atoms with Gasteiger partial charge in [0.1, 0.15) is 0 Å². The summed E-state index contributed by atoms with van der Waals surface area (Å²) in [6, 6.07) is 8.88. The van der Waals surface area contributed by atoms with E-state index in [1.807, 2.05) is 37.5 Å². The number of nitrogens with zero attached hydrogens (tertiary/aromatic N) is 2. The Morgan fingerprint density at radius 2 is 2.00 bits per heavy atom. The van der Waals surface area contributed by atoms with Gasteiger partial charge in [0.15, 0.2) is 17.5 Å². The van der Waals surface area contributed by atoms with E-state index in [-0.39, 0.29) is 35.5 Å². The summed E-state index contributed by atoms with van der Waals surface area (Å²) < 4.78 is 20.7. The number of ether oxygens (including phenoxy) is 1. The summed E-state index contributed by atoms with van der Waals surface area (Å²) in [5.74, 6) is 0.594. The summed E-state index contributed by atoms with van der Waals surface area (Å²) in [6.07, 6.45) is 4.04. The lowest BCUT2D eigenvalue weighted by molar-refractivity contribution is 0.386. The zero-order valence-corrected chi connectivity index (χ0v) is 16.3. The zero-order valence-electron chi connectivity index (χ0n) is 14.0. The minimum absolute atomic E-state index is 0. The summed E-state index contributed by atoms with van der Waals surface area (Å²) >= 11 is 0. The maximum Gasteiger partial charge on any atom is 0.191 e. The van der Waals surface area contributed by atoms with Crippen LogP contribution in [-0.2, 0) is 13.1 Å². The van der Waals surface area contributed by atoms with Gasteiger partial charge in [-0.3, -0.25) is 0 Å². The molecule has 0 fully saturated rings. The van der Waals surface area contributed by atoms with Gasteiger partial charge in [0.2, 0.25) is 0 Å². The Morgan fingerprint density at radius 1 is 1.25 bits per heavy atom. The second-order valence-electron chi connectivity index (χ2n) is 5.01. The van der Waals surface area contributed by atoms with Crippen LogP contribution in [0.15, 0.2) is 47.7 Å². The van der Waals surface area contributed by atoms with Gasteiger partial charge in [-0.2, -0.15) is 0 Å². The van der Waals surface area contributed by atoms with Crippen molar-refractivity contribution in [2.75, 3.05) is 20.2 Å². The Morgan fingerprint density at radius 3 is 2.62 bits per heavy atom. The Bertz CT molecular complexity index is 632. The van der Waals surface area contributed by atoms with Crippen molar-refractivity contribution in [2.24, 2.45) is 4.99 Å². The number of nitrogens with one attached hydrogen (secondary N) is 2. The number of methoxy groups -OCH3 is 1.